The summed E-state index contributed by atoms with van der Waals surface area (Å²) in [6.45, 7) is 1.06. The normalized spacial score (nSPS) is 13.4. The number of nitrogens with one attached hydrogen (secondary N) is 1. The highest BCUT2D eigenvalue weighted by atomic mass is 35.5. The number of amides is 1. The number of alkyl halides is 2. The number of hydrogen-bond acceptors (Lipinski definition) is 8. The van der Waals surface area contributed by atoms with Gasteiger partial charge in [-0.15, -0.1) is 12.4 Å². The van der Waals surface area contributed by atoms with Crippen LogP contribution < -0.4 is 20.5 Å². The molecule has 1 aliphatic rings. The molecule has 1 heterocycles. The van der Waals surface area contributed by atoms with Crippen molar-refractivity contribution >= 4 is 30.0 Å². The summed E-state index contributed by atoms with van der Waals surface area (Å²) in [7, 11) is 0. The minimum atomic E-state index is -3.01. The molecule has 0 spiro atoms. The van der Waals surface area contributed by atoms with Crippen LogP contribution in [0.3, 0.4) is 0 Å². The number of esters is 1. The molecule has 0 saturated heterocycles. The van der Waals surface area contributed by atoms with Gasteiger partial charge in [-0.3, -0.25) is 9.59 Å². The molecule has 3 N–H and O–H groups in total. The van der Waals surface area contributed by atoms with Crippen molar-refractivity contribution in [2.75, 3.05) is 18.5 Å². The van der Waals surface area contributed by atoms with Gasteiger partial charge in [0.2, 0.25) is 5.89 Å². The molecule has 1 aromatic heterocycles. The predicted octanol–water partition coefficient (Wildman–Crippen LogP) is 5.53. The number of oxazole rings is 1. The van der Waals surface area contributed by atoms with Crippen LogP contribution in [-0.4, -0.2) is 36.7 Å². The Kier molecular flexibility index (Phi) is 10.2. The Morgan fingerprint density at radius 3 is 2.49 bits per heavy atom. The molecule has 1 amide bonds. The van der Waals surface area contributed by atoms with Crippen molar-refractivity contribution < 1.29 is 37.0 Å². The molecule has 12 heteroatoms. The highest BCUT2D eigenvalue weighted by Gasteiger charge is 2.26. The average Bonchev–Trinajstić information content (AvgIpc) is 3.59. The fourth-order valence-electron chi connectivity index (χ4n) is 3.64. The Morgan fingerprint density at radius 1 is 1.15 bits per heavy atom. The molecule has 1 aliphatic carbocycles. The monoisotopic (exact) mass is 565 g/mol. The van der Waals surface area contributed by atoms with E-state index >= 15 is 0 Å². The van der Waals surface area contributed by atoms with Crippen LogP contribution in [0, 0.1) is 5.92 Å². The first kappa shape index (κ1) is 29.9. The van der Waals surface area contributed by atoms with Crippen LogP contribution in [-0.2, 0) is 16.0 Å². The first-order valence-electron chi connectivity index (χ1n) is 12.3. The van der Waals surface area contributed by atoms with Gasteiger partial charge in [-0.2, -0.15) is 8.78 Å². The number of hydrogen-bond donors (Lipinski definition) is 2. The highest BCUT2D eigenvalue weighted by molar-refractivity contribution is 6.04. The molecular weight excluding hydrogens is 536 g/mol. The van der Waals surface area contributed by atoms with Gasteiger partial charge in [0, 0.05) is 11.3 Å². The van der Waals surface area contributed by atoms with Crippen molar-refractivity contribution in [2.24, 2.45) is 11.7 Å². The highest BCUT2D eigenvalue weighted by Crippen LogP contribution is 2.37. The van der Waals surface area contributed by atoms with Crippen LogP contribution in [0.25, 0.3) is 11.5 Å². The van der Waals surface area contributed by atoms with Crippen molar-refractivity contribution in [1.29, 1.82) is 0 Å². The number of nitrogens with zero attached hydrogens (tertiary/aromatic N) is 1. The summed E-state index contributed by atoms with van der Waals surface area (Å²) in [5, 5.41) is 2.74. The van der Waals surface area contributed by atoms with E-state index < -0.39 is 18.6 Å². The second kappa shape index (κ2) is 13.4. The molecule has 0 bridgehead atoms. The number of aromatic nitrogens is 1. The molecule has 1 unspecified atom stereocenters. The van der Waals surface area contributed by atoms with Crippen molar-refractivity contribution in [3.63, 3.8) is 0 Å². The number of nitrogens with two attached hydrogens (primary N) is 1. The fraction of sp³-hybridized carbons (Fsp3) is 0.370. The molecule has 2 aromatic carbocycles. The van der Waals surface area contributed by atoms with Gasteiger partial charge in [0.15, 0.2) is 23.0 Å². The smallest absolute Gasteiger partial charge is 0.387 e. The lowest BCUT2D eigenvalue weighted by atomic mass is 10.1. The predicted molar refractivity (Wildman–Crippen MR) is 141 cm³/mol. The van der Waals surface area contributed by atoms with E-state index in [1.54, 1.807) is 38.1 Å². The SMILES string of the molecule is CCOC(=O)Cc1ccc(NC(=O)c2nc(-c3ccc(OC(F)F)c(OCC4CC4)c3)oc2C(C)N)cc1.Cl. The Balaban J connectivity index is 0.00000420. The summed E-state index contributed by atoms with van der Waals surface area (Å²) in [5.74, 6) is -0.239. The van der Waals surface area contributed by atoms with E-state index in [-0.39, 0.29) is 53.6 Å². The van der Waals surface area contributed by atoms with Gasteiger partial charge in [-0.25, -0.2) is 4.98 Å². The number of carbonyl (C=O) groups is 2. The second-order valence-electron chi connectivity index (χ2n) is 8.95. The zero-order valence-corrected chi connectivity index (χ0v) is 22.3. The van der Waals surface area contributed by atoms with Crippen LogP contribution >= 0.6 is 12.4 Å². The molecule has 1 saturated carbocycles. The van der Waals surface area contributed by atoms with E-state index in [1.165, 1.54) is 18.2 Å². The zero-order valence-electron chi connectivity index (χ0n) is 21.4. The lowest BCUT2D eigenvalue weighted by Crippen LogP contribution is -2.17. The van der Waals surface area contributed by atoms with E-state index in [2.05, 4.69) is 15.0 Å². The van der Waals surface area contributed by atoms with Crippen molar-refractivity contribution in [2.45, 2.75) is 45.8 Å². The summed E-state index contributed by atoms with van der Waals surface area (Å²) in [6.07, 6.45) is 2.17. The maximum absolute atomic E-state index is 13.1. The van der Waals surface area contributed by atoms with Crippen LogP contribution in [0.2, 0.25) is 0 Å². The molecule has 1 fully saturated rings. The number of halogens is 3. The van der Waals surface area contributed by atoms with Crippen molar-refractivity contribution in [1.82, 2.24) is 4.98 Å². The van der Waals surface area contributed by atoms with E-state index in [0.29, 0.717) is 30.4 Å². The summed E-state index contributed by atoms with van der Waals surface area (Å²) in [6, 6.07) is 10.4. The summed E-state index contributed by atoms with van der Waals surface area (Å²) < 4.78 is 46.8. The lowest BCUT2D eigenvalue weighted by Gasteiger charge is -2.12. The lowest BCUT2D eigenvalue weighted by molar-refractivity contribution is -0.142. The standard InChI is InChI=1S/C27H29F2N3O6.ClH/c1-3-35-22(33)12-16-6-9-19(10-7-16)31-25(34)23-24(15(2)30)38-26(32-23)18-8-11-20(37-27(28)29)21(13-18)36-14-17-4-5-17;/h6-11,13,15,17,27H,3-5,12,14,30H2,1-2H3,(H,31,34);1H. The van der Waals surface area contributed by atoms with Gasteiger partial charge in [0.1, 0.15) is 0 Å². The molecule has 39 heavy (non-hydrogen) atoms. The van der Waals surface area contributed by atoms with Crippen LogP contribution in [0.5, 0.6) is 11.5 Å². The first-order chi connectivity index (χ1) is 18.2. The minimum Gasteiger partial charge on any atom is -0.489 e. The molecule has 4 rings (SSSR count). The Morgan fingerprint density at radius 2 is 1.87 bits per heavy atom. The molecule has 210 valence electrons. The quantitative estimate of drug-likeness (QED) is 0.274. The van der Waals surface area contributed by atoms with Gasteiger partial charge in [-0.05, 0) is 68.5 Å². The third-order valence-electron chi connectivity index (χ3n) is 5.73. The fourth-order valence-corrected chi connectivity index (χ4v) is 3.64. The minimum absolute atomic E-state index is 0. The third kappa shape index (κ3) is 8.14. The average molecular weight is 566 g/mol. The van der Waals surface area contributed by atoms with E-state index in [0.717, 1.165) is 18.4 Å². The van der Waals surface area contributed by atoms with Gasteiger partial charge in [0.25, 0.3) is 5.91 Å². The Labute approximate surface area is 230 Å². The largest absolute Gasteiger partial charge is 0.489 e. The molecule has 0 radical (unpaired) electrons. The van der Waals surface area contributed by atoms with E-state index in [9.17, 15) is 18.4 Å². The number of rotatable bonds is 12. The van der Waals surface area contributed by atoms with E-state index in [1.807, 2.05) is 0 Å². The van der Waals surface area contributed by atoms with Crippen molar-refractivity contribution in [3.8, 4) is 23.0 Å². The summed E-state index contributed by atoms with van der Waals surface area (Å²) in [5.41, 5.74) is 7.64. The van der Waals surface area contributed by atoms with Gasteiger partial charge >= 0.3 is 12.6 Å². The van der Waals surface area contributed by atoms with Gasteiger partial charge < -0.3 is 29.7 Å². The van der Waals surface area contributed by atoms with Crippen molar-refractivity contribution in [3.05, 3.63) is 59.5 Å². The van der Waals surface area contributed by atoms with Gasteiger partial charge in [-0.1, -0.05) is 12.1 Å². The maximum Gasteiger partial charge on any atom is 0.387 e. The topological polar surface area (TPSA) is 126 Å². The second-order valence-corrected chi connectivity index (χ2v) is 8.95. The maximum atomic E-state index is 13.1. The molecule has 3 aromatic rings. The Bertz CT molecular complexity index is 1280. The first-order valence-corrected chi connectivity index (χ1v) is 12.3. The molecular formula is C27H30ClF2N3O6. The summed E-state index contributed by atoms with van der Waals surface area (Å²) in [4.78, 5) is 29.1. The summed E-state index contributed by atoms with van der Waals surface area (Å²) >= 11 is 0. The molecule has 9 nitrogen and oxygen atoms in total. The zero-order chi connectivity index (χ0) is 27.2. The van der Waals surface area contributed by atoms with Crippen LogP contribution in [0.4, 0.5) is 14.5 Å². The molecule has 1 atom stereocenters. The Hall–Kier alpha value is -3.70. The molecule has 0 aliphatic heterocycles. The van der Waals surface area contributed by atoms with Gasteiger partial charge in [0.05, 0.1) is 25.7 Å². The number of benzene rings is 2. The number of anilines is 1. The third-order valence-corrected chi connectivity index (χ3v) is 5.73. The van der Waals surface area contributed by atoms with Crippen LogP contribution in [0.15, 0.2) is 46.9 Å². The number of carbonyl (C=O) groups excluding carboxylic acids is 2. The number of ether oxygens (including phenoxy) is 3. The van der Waals surface area contributed by atoms with E-state index in [4.69, 9.17) is 19.6 Å². The van der Waals surface area contributed by atoms with Crippen LogP contribution in [0.1, 0.15) is 54.5 Å².